The topological polar surface area (TPSA) is 83.8 Å². The van der Waals surface area contributed by atoms with Gasteiger partial charge in [-0.25, -0.2) is 0 Å². The number of fused-ring (bicyclic) bond motifs is 2. The second kappa shape index (κ2) is 6.22. The van der Waals surface area contributed by atoms with Crippen molar-refractivity contribution >= 4 is 17.5 Å². The molecule has 0 spiro atoms. The molecule has 3 aliphatic rings. The maximum atomic E-state index is 12.7. The molecule has 2 amide bonds. The molecule has 132 valence electrons. The summed E-state index contributed by atoms with van der Waals surface area (Å²) in [5.41, 5.74) is 0.260. The molecule has 1 saturated heterocycles. The minimum absolute atomic E-state index is 0.149. The molecule has 0 unspecified atom stereocenters. The third kappa shape index (κ3) is 2.72. The van der Waals surface area contributed by atoms with Crippen molar-refractivity contribution in [2.75, 3.05) is 13.2 Å². The number of benzene rings is 1. The lowest BCUT2D eigenvalue weighted by molar-refractivity contribution is -0.384. The minimum atomic E-state index is -0.544. The van der Waals surface area contributed by atoms with E-state index in [0.29, 0.717) is 18.6 Å². The Morgan fingerprint density at radius 2 is 1.76 bits per heavy atom. The Balaban J connectivity index is 1.56. The molecule has 2 aliphatic heterocycles. The lowest BCUT2D eigenvalue weighted by atomic mass is 9.78. The van der Waals surface area contributed by atoms with Crippen molar-refractivity contribution in [1.29, 1.82) is 0 Å². The van der Waals surface area contributed by atoms with E-state index in [1.807, 2.05) is 0 Å². The number of hydrogen-bond acceptors (Lipinski definition) is 5. The second-order valence-electron chi connectivity index (χ2n) is 7.23. The molecule has 25 heavy (non-hydrogen) atoms. The van der Waals surface area contributed by atoms with Crippen molar-refractivity contribution in [1.82, 2.24) is 9.80 Å². The van der Waals surface area contributed by atoms with Crippen LogP contribution < -0.4 is 0 Å². The Morgan fingerprint density at radius 1 is 1.04 bits per heavy atom. The number of nitrogens with zero attached hydrogens (tertiary/aromatic N) is 3. The first-order valence-corrected chi connectivity index (χ1v) is 8.95. The second-order valence-corrected chi connectivity index (χ2v) is 7.23. The van der Waals surface area contributed by atoms with Gasteiger partial charge in [-0.2, -0.15) is 0 Å². The molecule has 4 rings (SSSR count). The standard InChI is InChI=1S/C18H21N3O4/c22-17-14-8-7-13(21(24)25)10-15(14)18(23)20(17)11-19-9-3-5-12-4-1-2-6-16(12)19/h7-8,10,12,16H,1-6,9,11H2/t12-,16+/m1/s1. The predicted molar refractivity (Wildman–Crippen MR) is 90.1 cm³/mol. The largest absolute Gasteiger partial charge is 0.282 e. The van der Waals surface area contributed by atoms with Gasteiger partial charge < -0.3 is 0 Å². The summed E-state index contributed by atoms with van der Waals surface area (Å²) in [5, 5.41) is 10.9. The van der Waals surface area contributed by atoms with Crippen molar-refractivity contribution in [3.63, 3.8) is 0 Å². The first-order valence-electron chi connectivity index (χ1n) is 8.95. The van der Waals surface area contributed by atoms with Crippen LogP contribution >= 0.6 is 0 Å². The maximum Gasteiger partial charge on any atom is 0.270 e. The van der Waals surface area contributed by atoms with Gasteiger partial charge >= 0.3 is 0 Å². The number of piperidine rings is 1. The lowest BCUT2D eigenvalue weighted by Crippen LogP contribution is -2.52. The Bertz CT molecular complexity index is 746. The average molecular weight is 343 g/mol. The first-order chi connectivity index (χ1) is 12.1. The average Bonchev–Trinajstić information content (AvgIpc) is 2.86. The molecule has 7 nitrogen and oxygen atoms in total. The third-order valence-electron chi connectivity index (χ3n) is 5.85. The van der Waals surface area contributed by atoms with Crippen LogP contribution in [0.15, 0.2) is 18.2 Å². The van der Waals surface area contributed by atoms with Crippen molar-refractivity contribution in [2.45, 2.75) is 44.6 Å². The van der Waals surface area contributed by atoms with Gasteiger partial charge in [0.2, 0.25) is 0 Å². The number of carbonyl (C=O) groups is 2. The van der Waals surface area contributed by atoms with Crippen LogP contribution in [0.1, 0.15) is 59.2 Å². The number of likely N-dealkylation sites (tertiary alicyclic amines) is 1. The number of nitro benzene ring substituents is 1. The van der Waals surface area contributed by atoms with Crippen LogP contribution in [0.3, 0.4) is 0 Å². The lowest BCUT2D eigenvalue weighted by Gasteiger charge is -2.45. The molecular formula is C18H21N3O4. The fourth-order valence-electron chi connectivity index (χ4n) is 4.61. The Labute approximate surface area is 145 Å². The molecule has 0 aromatic heterocycles. The van der Waals surface area contributed by atoms with Crippen molar-refractivity contribution < 1.29 is 14.5 Å². The number of rotatable bonds is 3. The third-order valence-corrected chi connectivity index (χ3v) is 5.85. The Morgan fingerprint density at radius 3 is 2.56 bits per heavy atom. The molecule has 1 saturated carbocycles. The van der Waals surface area contributed by atoms with Crippen molar-refractivity contribution in [3.8, 4) is 0 Å². The van der Waals surface area contributed by atoms with E-state index >= 15 is 0 Å². The van der Waals surface area contributed by atoms with Crippen LogP contribution in [0.25, 0.3) is 0 Å². The summed E-state index contributed by atoms with van der Waals surface area (Å²) in [6, 6.07) is 4.34. The molecule has 1 aromatic rings. The SMILES string of the molecule is O=C1c2ccc([N+](=O)[O-])cc2C(=O)N1CN1CCC[C@H]2CCCC[C@@H]21. The van der Waals surface area contributed by atoms with E-state index in [4.69, 9.17) is 0 Å². The molecular weight excluding hydrogens is 322 g/mol. The van der Waals surface area contributed by atoms with Crippen LogP contribution in [0.5, 0.6) is 0 Å². The van der Waals surface area contributed by atoms with Gasteiger partial charge in [0.05, 0.1) is 22.7 Å². The van der Waals surface area contributed by atoms with Gasteiger partial charge in [0.25, 0.3) is 17.5 Å². The quantitative estimate of drug-likeness (QED) is 0.479. The van der Waals surface area contributed by atoms with E-state index < -0.39 is 10.8 Å². The van der Waals surface area contributed by atoms with Crippen LogP contribution in [-0.2, 0) is 0 Å². The number of imide groups is 1. The highest BCUT2D eigenvalue weighted by Gasteiger charge is 2.40. The Hall–Kier alpha value is -2.28. The smallest absolute Gasteiger partial charge is 0.270 e. The van der Waals surface area contributed by atoms with Gasteiger partial charge in [-0.3, -0.25) is 29.5 Å². The Kier molecular flexibility index (Phi) is 4.03. The van der Waals surface area contributed by atoms with E-state index in [0.717, 1.165) is 19.4 Å². The highest BCUT2D eigenvalue weighted by atomic mass is 16.6. The molecule has 1 aromatic carbocycles. The normalized spacial score (nSPS) is 26.5. The summed E-state index contributed by atoms with van der Waals surface area (Å²) >= 11 is 0. The van der Waals surface area contributed by atoms with E-state index in [1.54, 1.807) is 0 Å². The van der Waals surface area contributed by atoms with E-state index in [2.05, 4.69) is 4.90 Å². The molecule has 1 aliphatic carbocycles. The molecule has 2 fully saturated rings. The van der Waals surface area contributed by atoms with E-state index in [1.165, 1.54) is 48.8 Å². The van der Waals surface area contributed by atoms with Crippen LogP contribution in [0, 0.1) is 16.0 Å². The van der Waals surface area contributed by atoms with Gasteiger partial charge in [0, 0.05) is 24.7 Å². The number of nitro groups is 1. The maximum absolute atomic E-state index is 12.7. The van der Waals surface area contributed by atoms with Crippen LogP contribution in [-0.4, -0.2) is 45.8 Å². The van der Waals surface area contributed by atoms with Gasteiger partial charge in [0.15, 0.2) is 0 Å². The first kappa shape index (κ1) is 16.2. The summed E-state index contributed by atoms with van der Waals surface area (Å²) in [6.07, 6.45) is 7.15. The highest BCUT2D eigenvalue weighted by Crippen LogP contribution is 2.36. The summed E-state index contributed by atoms with van der Waals surface area (Å²) < 4.78 is 0. The summed E-state index contributed by atoms with van der Waals surface area (Å²) in [5.74, 6) is -0.0896. The summed E-state index contributed by atoms with van der Waals surface area (Å²) in [7, 11) is 0. The molecule has 7 heteroatoms. The fourth-order valence-corrected chi connectivity index (χ4v) is 4.61. The van der Waals surface area contributed by atoms with Crippen molar-refractivity contribution in [3.05, 3.63) is 39.4 Å². The molecule has 0 bridgehead atoms. The number of carbonyl (C=O) groups excluding carboxylic acids is 2. The zero-order chi connectivity index (χ0) is 17.6. The van der Waals surface area contributed by atoms with Gasteiger partial charge in [0.1, 0.15) is 0 Å². The highest BCUT2D eigenvalue weighted by molar-refractivity contribution is 6.21. The van der Waals surface area contributed by atoms with Gasteiger partial charge in [-0.05, 0) is 37.7 Å². The van der Waals surface area contributed by atoms with Crippen LogP contribution in [0.4, 0.5) is 5.69 Å². The number of non-ortho nitro benzene ring substituents is 1. The number of hydrogen-bond donors (Lipinski definition) is 0. The van der Waals surface area contributed by atoms with E-state index in [-0.39, 0.29) is 22.7 Å². The molecule has 0 radical (unpaired) electrons. The monoisotopic (exact) mass is 343 g/mol. The van der Waals surface area contributed by atoms with Gasteiger partial charge in [-0.1, -0.05) is 12.8 Å². The minimum Gasteiger partial charge on any atom is -0.282 e. The summed E-state index contributed by atoms with van der Waals surface area (Å²) in [6.45, 7) is 1.19. The zero-order valence-corrected chi connectivity index (χ0v) is 14.0. The molecule has 2 heterocycles. The predicted octanol–water partition coefficient (Wildman–Crippen LogP) is 2.80. The fraction of sp³-hybridized carbons (Fsp3) is 0.556. The van der Waals surface area contributed by atoms with E-state index in [9.17, 15) is 19.7 Å². The summed E-state index contributed by atoms with van der Waals surface area (Å²) in [4.78, 5) is 39.2. The van der Waals surface area contributed by atoms with Crippen LogP contribution in [0.2, 0.25) is 0 Å². The van der Waals surface area contributed by atoms with Gasteiger partial charge in [-0.15, -0.1) is 0 Å². The number of amides is 2. The molecule has 0 N–H and O–H groups in total. The molecule has 2 atom stereocenters. The van der Waals surface area contributed by atoms with Crippen molar-refractivity contribution in [2.24, 2.45) is 5.92 Å². The zero-order valence-electron chi connectivity index (χ0n) is 14.0.